The van der Waals surface area contributed by atoms with Gasteiger partial charge in [0.15, 0.2) is 0 Å². The van der Waals surface area contributed by atoms with Crippen molar-refractivity contribution < 1.29 is 4.79 Å². The highest BCUT2D eigenvalue weighted by atomic mass is 16.1. The van der Waals surface area contributed by atoms with Crippen LogP contribution in [0, 0.1) is 0 Å². The predicted molar refractivity (Wildman–Crippen MR) is 108 cm³/mol. The lowest BCUT2D eigenvalue weighted by Gasteiger charge is -2.28. The molecule has 0 saturated carbocycles. The van der Waals surface area contributed by atoms with Crippen molar-refractivity contribution in [1.29, 1.82) is 0 Å². The number of hydrogen-bond acceptors (Lipinski definition) is 2. The van der Waals surface area contributed by atoms with E-state index in [9.17, 15) is 4.79 Å². The number of fused-ring (bicyclic) bond motifs is 1. The van der Waals surface area contributed by atoms with E-state index in [4.69, 9.17) is 0 Å². The van der Waals surface area contributed by atoms with E-state index >= 15 is 0 Å². The Kier molecular flexibility index (Phi) is 4.91. The first-order chi connectivity index (χ1) is 12.8. The first-order valence-corrected chi connectivity index (χ1v) is 9.48. The van der Waals surface area contributed by atoms with Crippen molar-refractivity contribution in [3.63, 3.8) is 0 Å². The standard InChI is InChI=1S/C22H25N3O/c26-22(13-17-25-16-12-18-6-2-3-7-21(18)25)23-19-8-10-20(11-9-19)24-14-4-1-5-15-24/h2-3,6-12,16H,1,4-5,13-15,17H2,(H,23,26). The van der Waals surface area contributed by atoms with E-state index < -0.39 is 0 Å². The number of carbonyl (C=O) groups is 1. The fraction of sp³-hybridized carbons (Fsp3) is 0.318. The molecule has 0 bridgehead atoms. The third-order valence-corrected chi connectivity index (χ3v) is 5.13. The van der Waals surface area contributed by atoms with E-state index in [1.807, 2.05) is 30.5 Å². The van der Waals surface area contributed by atoms with Gasteiger partial charge in [0.2, 0.25) is 5.91 Å². The molecular weight excluding hydrogens is 322 g/mol. The molecule has 4 nitrogen and oxygen atoms in total. The molecule has 0 atom stereocenters. The minimum absolute atomic E-state index is 0.0495. The SMILES string of the molecule is O=C(CCn1ccc2ccccc21)Nc1ccc(N2CCCCC2)cc1. The van der Waals surface area contributed by atoms with Crippen molar-refractivity contribution in [3.8, 4) is 0 Å². The number of anilines is 2. The summed E-state index contributed by atoms with van der Waals surface area (Å²) >= 11 is 0. The molecule has 1 saturated heterocycles. The predicted octanol–water partition coefficient (Wildman–Crippen LogP) is 4.66. The first-order valence-electron chi connectivity index (χ1n) is 9.48. The van der Waals surface area contributed by atoms with Crippen molar-refractivity contribution in [1.82, 2.24) is 4.57 Å². The first kappa shape index (κ1) is 16.7. The van der Waals surface area contributed by atoms with Gasteiger partial charge in [0.05, 0.1) is 0 Å². The van der Waals surface area contributed by atoms with Crippen LogP contribution in [0.1, 0.15) is 25.7 Å². The van der Waals surface area contributed by atoms with Gasteiger partial charge in [-0.05, 0) is 61.0 Å². The number of aryl methyl sites for hydroxylation is 1. The highest BCUT2D eigenvalue weighted by molar-refractivity contribution is 5.91. The van der Waals surface area contributed by atoms with Gasteiger partial charge in [-0.2, -0.15) is 0 Å². The van der Waals surface area contributed by atoms with Crippen LogP contribution in [0.5, 0.6) is 0 Å². The van der Waals surface area contributed by atoms with Crippen LogP contribution in [0.3, 0.4) is 0 Å². The Bertz CT molecular complexity index is 876. The molecule has 1 aliphatic heterocycles. The Morgan fingerprint density at radius 3 is 2.50 bits per heavy atom. The average molecular weight is 347 g/mol. The van der Waals surface area contributed by atoms with Crippen molar-refractivity contribution >= 4 is 28.2 Å². The summed E-state index contributed by atoms with van der Waals surface area (Å²) in [6, 6.07) is 18.6. The van der Waals surface area contributed by atoms with Gasteiger partial charge in [-0.25, -0.2) is 0 Å². The van der Waals surface area contributed by atoms with Crippen molar-refractivity contribution in [2.24, 2.45) is 0 Å². The molecule has 0 unspecified atom stereocenters. The van der Waals surface area contributed by atoms with Gasteiger partial charge >= 0.3 is 0 Å². The number of benzene rings is 2. The van der Waals surface area contributed by atoms with Gasteiger partial charge in [-0.3, -0.25) is 4.79 Å². The molecule has 3 aromatic rings. The third-order valence-electron chi connectivity index (χ3n) is 5.13. The Morgan fingerprint density at radius 1 is 0.923 bits per heavy atom. The van der Waals surface area contributed by atoms with Gasteiger partial charge in [0.1, 0.15) is 0 Å². The number of hydrogen-bond donors (Lipinski definition) is 1. The number of para-hydroxylation sites is 1. The van der Waals surface area contributed by atoms with E-state index in [-0.39, 0.29) is 5.91 Å². The highest BCUT2D eigenvalue weighted by Crippen LogP contribution is 2.22. The molecular formula is C22H25N3O. The van der Waals surface area contributed by atoms with Gasteiger partial charge in [-0.1, -0.05) is 18.2 Å². The second kappa shape index (κ2) is 7.65. The normalized spacial score (nSPS) is 14.5. The molecule has 1 N–H and O–H groups in total. The molecule has 1 fully saturated rings. The highest BCUT2D eigenvalue weighted by Gasteiger charge is 2.11. The van der Waals surface area contributed by atoms with E-state index in [1.165, 1.54) is 35.9 Å². The van der Waals surface area contributed by atoms with Crippen LogP contribution in [-0.4, -0.2) is 23.6 Å². The molecule has 0 spiro atoms. The summed E-state index contributed by atoms with van der Waals surface area (Å²) < 4.78 is 2.13. The lowest BCUT2D eigenvalue weighted by Crippen LogP contribution is -2.29. The lowest BCUT2D eigenvalue weighted by molar-refractivity contribution is -0.116. The van der Waals surface area contributed by atoms with Crippen molar-refractivity contribution in [2.45, 2.75) is 32.2 Å². The molecule has 1 aromatic heterocycles. The second-order valence-electron chi connectivity index (χ2n) is 6.96. The number of amides is 1. The molecule has 4 heteroatoms. The van der Waals surface area contributed by atoms with E-state index in [1.54, 1.807) is 0 Å². The summed E-state index contributed by atoms with van der Waals surface area (Å²) in [5.74, 6) is 0.0495. The Hall–Kier alpha value is -2.75. The summed E-state index contributed by atoms with van der Waals surface area (Å²) in [5, 5.41) is 4.22. The van der Waals surface area contributed by atoms with Gasteiger partial charge in [0.25, 0.3) is 0 Å². The monoisotopic (exact) mass is 347 g/mol. The summed E-state index contributed by atoms with van der Waals surface area (Å²) in [4.78, 5) is 14.7. The third kappa shape index (κ3) is 3.74. The second-order valence-corrected chi connectivity index (χ2v) is 6.96. The smallest absolute Gasteiger partial charge is 0.226 e. The maximum Gasteiger partial charge on any atom is 0.226 e. The van der Waals surface area contributed by atoms with Crippen LogP contribution < -0.4 is 10.2 Å². The van der Waals surface area contributed by atoms with Gasteiger partial charge in [0, 0.05) is 49.1 Å². The van der Waals surface area contributed by atoms with E-state index in [0.717, 1.165) is 18.8 Å². The van der Waals surface area contributed by atoms with Gasteiger partial charge < -0.3 is 14.8 Å². The zero-order valence-corrected chi connectivity index (χ0v) is 15.0. The average Bonchev–Trinajstić information content (AvgIpc) is 3.11. The van der Waals surface area contributed by atoms with Crippen LogP contribution in [-0.2, 0) is 11.3 Å². The largest absolute Gasteiger partial charge is 0.372 e. The summed E-state index contributed by atoms with van der Waals surface area (Å²) in [7, 11) is 0. The zero-order chi connectivity index (χ0) is 17.8. The molecule has 26 heavy (non-hydrogen) atoms. The number of rotatable bonds is 5. The maximum absolute atomic E-state index is 12.3. The minimum Gasteiger partial charge on any atom is -0.372 e. The Labute approximate surface area is 154 Å². The number of nitrogens with one attached hydrogen (secondary N) is 1. The number of piperidine rings is 1. The quantitative estimate of drug-likeness (QED) is 0.729. The van der Waals surface area contributed by atoms with Gasteiger partial charge in [-0.15, -0.1) is 0 Å². The summed E-state index contributed by atoms with van der Waals surface area (Å²) in [6.07, 6.45) is 6.39. The zero-order valence-electron chi connectivity index (χ0n) is 15.0. The molecule has 2 aromatic carbocycles. The molecule has 1 aliphatic rings. The Balaban J connectivity index is 1.33. The molecule has 2 heterocycles. The number of nitrogens with zero attached hydrogens (tertiary/aromatic N) is 2. The van der Waals surface area contributed by atoms with E-state index in [2.05, 4.69) is 45.1 Å². The molecule has 134 valence electrons. The Morgan fingerprint density at radius 2 is 1.69 bits per heavy atom. The van der Waals surface area contributed by atoms with Crippen LogP contribution in [0.15, 0.2) is 60.8 Å². The molecule has 0 aliphatic carbocycles. The number of carbonyl (C=O) groups excluding carboxylic acids is 1. The van der Waals surface area contributed by atoms with Crippen LogP contribution in [0.4, 0.5) is 11.4 Å². The van der Waals surface area contributed by atoms with Crippen LogP contribution in [0.2, 0.25) is 0 Å². The van der Waals surface area contributed by atoms with Crippen molar-refractivity contribution in [3.05, 3.63) is 60.8 Å². The fourth-order valence-corrected chi connectivity index (χ4v) is 3.69. The minimum atomic E-state index is 0.0495. The summed E-state index contributed by atoms with van der Waals surface area (Å²) in [5.41, 5.74) is 3.29. The topological polar surface area (TPSA) is 37.3 Å². The molecule has 0 radical (unpaired) electrons. The molecule has 4 rings (SSSR count). The van der Waals surface area contributed by atoms with E-state index in [0.29, 0.717) is 13.0 Å². The maximum atomic E-state index is 12.3. The van der Waals surface area contributed by atoms with Crippen LogP contribution in [0.25, 0.3) is 10.9 Å². The number of aromatic nitrogens is 1. The van der Waals surface area contributed by atoms with Crippen molar-refractivity contribution in [2.75, 3.05) is 23.3 Å². The fourth-order valence-electron chi connectivity index (χ4n) is 3.69. The lowest BCUT2D eigenvalue weighted by atomic mass is 10.1. The van der Waals surface area contributed by atoms with Crippen LogP contribution >= 0.6 is 0 Å². The summed E-state index contributed by atoms with van der Waals surface area (Å²) in [6.45, 7) is 2.96. The molecule has 1 amide bonds.